The molecule has 0 aliphatic heterocycles. The zero-order valence-electron chi connectivity index (χ0n) is 20.6. The Bertz CT molecular complexity index is 1480. The summed E-state index contributed by atoms with van der Waals surface area (Å²) in [6.45, 7) is 0. The molecule has 220 valence electrons. The average Bonchev–Trinajstić information content (AvgIpc) is 2.90. The van der Waals surface area contributed by atoms with Gasteiger partial charge in [0.2, 0.25) is 0 Å². The first-order valence-electron chi connectivity index (χ1n) is 10.5. The first-order valence-corrected chi connectivity index (χ1v) is 16.1. The van der Waals surface area contributed by atoms with Gasteiger partial charge in [0, 0.05) is 27.3 Å². The van der Waals surface area contributed by atoms with Crippen molar-refractivity contribution >= 4 is 67.8 Å². The van der Waals surface area contributed by atoms with Crippen molar-refractivity contribution in [2.45, 2.75) is 19.6 Å². The van der Waals surface area contributed by atoms with Gasteiger partial charge in [-0.1, -0.05) is 72.8 Å². The van der Waals surface area contributed by atoms with Crippen LogP contribution in [0.5, 0.6) is 0 Å². The molecule has 4 aromatic rings. The summed E-state index contributed by atoms with van der Waals surface area (Å²) in [4.78, 5) is -0.741. The van der Waals surface area contributed by atoms with Crippen LogP contribution in [0.2, 0.25) is 0 Å². The summed E-state index contributed by atoms with van der Waals surface area (Å²) in [6, 6.07) is 28.8. The van der Waals surface area contributed by atoms with Crippen molar-refractivity contribution in [3.8, 4) is 0 Å². The van der Waals surface area contributed by atoms with Crippen LogP contribution in [0.15, 0.2) is 141 Å². The molecular weight excluding hydrogens is 816 g/mol. The summed E-state index contributed by atoms with van der Waals surface area (Å²) in [5, 5.41) is 0. The molecule has 0 unspecified atom stereocenters. The van der Waals surface area contributed by atoms with Crippen LogP contribution in [0, 0.1) is 0 Å². The molecule has 12 nitrogen and oxygen atoms in total. The van der Waals surface area contributed by atoms with E-state index >= 15 is 0 Å². The molecule has 0 saturated carbocycles. The standard InChI is InChI=1S/4C6H6O3S.Pb/c4*7-10(8,9)6-4-2-1-3-5-6;/h4*1-5H,(H,7,8,9);/p-4. The summed E-state index contributed by atoms with van der Waals surface area (Å²) >= 11 is 0. The van der Waals surface area contributed by atoms with E-state index in [-0.39, 0.29) is 46.9 Å². The maximum absolute atomic E-state index is 10.3. The summed E-state index contributed by atoms with van der Waals surface area (Å²) in [5.74, 6) is 0. The molecule has 4 radical (unpaired) electrons. The molecular formula is C24H20O12PbS4-4. The predicted molar refractivity (Wildman–Crippen MR) is 143 cm³/mol. The maximum atomic E-state index is 10.3. The number of hydrogen-bond donors (Lipinski definition) is 0. The van der Waals surface area contributed by atoms with Crippen molar-refractivity contribution in [2.75, 3.05) is 0 Å². The zero-order valence-corrected chi connectivity index (χ0v) is 27.7. The average molecular weight is 836 g/mol. The predicted octanol–water partition coefficient (Wildman–Crippen LogP) is 1.98. The van der Waals surface area contributed by atoms with Gasteiger partial charge >= 0.3 is 0 Å². The monoisotopic (exact) mass is 836 g/mol. The molecule has 0 aliphatic carbocycles. The van der Waals surface area contributed by atoms with Crippen molar-refractivity contribution < 1.29 is 51.9 Å². The molecule has 0 N–H and O–H groups in total. The van der Waals surface area contributed by atoms with Crippen LogP contribution in [-0.2, 0) is 40.5 Å². The minimum Gasteiger partial charge on any atom is -0.744 e. The third-order valence-corrected chi connectivity index (χ3v) is 7.53. The van der Waals surface area contributed by atoms with Gasteiger partial charge in [0.25, 0.3) is 0 Å². The van der Waals surface area contributed by atoms with E-state index in [0.29, 0.717) is 0 Å². The number of benzene rings is 4. The van der Waals surface area contributed by atoms with E-state index < -0.39 is 40.5 Å². The topological polar surface area (TPSA) is 229 Å². The largest absolute Gasteiger partial charge is 0.744 e. The molecule has 0 bridgehead atoms. The molecule has 0 saturated heterocycles. The van der Waals surface area contributed by atoms with E-state index in [1.807, 2.05) is 0 Å². The fraction of sp³-hybridized carbons (Fsp3) is 0. The van der Waals surface area contributed by atoms with E-state index in [4.69, 9.17) is 0 Å². The maximum Gasteiger partial charge on any atom is 0.124 e. The first-order chi connectivity index (χ1) is 18.4. The molecule has 0 atom stereocenters. The minimum atomic E-state index is -4.25. The Labute approximate surface area is 258 Å². The van der Waals surface area contributed by atoms with Gasteiger partial charge in [0.1, 0.15) is 40.5 Å². The van der Waals surface area contributed by atoms with Gasteiger partial charge in [0.05, 0.1) is 19.6 Å². The second-order valence-electron chi connectivity index (χ2n) is 7.07. The Morgan fingerprint density at radius 1 is 0.293 bits per heavy atom. The third kappa shape index (κ3) is 16.5. The van der Waals surface area contributed by atoms with E-state index in [2.05, 4.69) is 0 Å². The molecule has 41 heavy (non-hydrogen) atoms. The molecule has 0 heterocycles. The molecule has 4 rings (SSSR count). The second kappa shape index (κ2) is 17.4. The molecule has 0 spiro atoms. The van der Waals surface area contributed by atoms with Crippen LogP contribution in [0.3, 0.4) is 0 Å². The van der Waals surface area contributed by atoms with Crippen LogP contribution in [-0.4, -0.2) is 79.2 Å². The van der Waals surface area contributed by atoms with Gasteiger partial charge in [-0.2, -0.15) is 0 Å². The SMILES string of the molecule is O=S(=O)([O-])c1ccccc1.O=S(=O)([O-])c1ccccc1.O=S(=O)([O-])c1ccccc1.O=S(=O)([O-])c1ccccc1.[Pb]. The number of rotatable bonds is 4. The Balaban J connectivity index is 0.000000516. The summed E-state index contributed by atoms with van der Waals surface area (Å²) in [7, 11) is -17.0. The second-order valence-corrected chi connectivity index (χ2v) is 12.6. The van der Waals surface area contributed by atoms with Gasteiger partial charge in [-0.05, 0) is 48.5 Å². The van der Waals surface area contributed by atoms with Gasteiger partial charge in [0.15, 0.2) is 0 Å². The molecule has 4 aromatic carbocycles. The Kier molecular flexibility index (Phi) is 16.3. The van der Waals surface area contributed by atoms with E-state index in [0.717, 1.165) is 0 Å². The molecule has 0 fully saturated rings. The zero-order chi connectivity index (χ0) is 30.5. The van der Waals surface area contributed by atoms with Gasteiger partial charge in [-0.3, -0.25) is 0 Å². The smallest absolute Gasteiger partial charge is 0.124 e. The summed E-state index contributed by atoms with van der Waals surface area (Å²) in [5.41, 5.74) is 0. The molecule has 17 heteroatoms. The Morgan fingerprint density at radius 3 is 0.488 bits per heavy atom. The van der Waals surface area contributed by atoms with E-state index in [9.17, 15) is 51.9 Å². The van der Waals surface area contributed by atoms with Crippen LogP contribution in [0.1, 0.15) is 0 Å². The van der Waals surface area contributed by atoms with E-state index in [1.165, 1.54) is 97.1 Å². The fourth-order valence-corrected chi connectivity index (χ4v) is 4.31. The quantitative estimate of drug-likeness (QED) is 0.212. The Morgan fingerprint density at radius 2 is 0.415 bits per heavy atom. The summed E-state index contributed by atoms with van der Waals surface area (Å²) in [6.07, 6.45) is 0. The van der Waals surface area contributed by atoms with Crippen LogP contribution in [0.25, 0.3) is 0 Å². The van der Waals surface area contributed by atoms with Crippen molar-refractivity contribution in [1.82, 2.24) is 0 Å². The number of hydrogen-bond acceptors (Lipinski definition) is 12. The van der Waals surface area contributed by atoms with Crippen molar-refractivity contribution in [3.63, 3.8) is 0 Å². The van der Waals surface area contributed by atoms with E-state index in [1.54, 1.807) is 24.3 Å². The molecule has 0 aliphatic rings. The molecule has 0 amide bonds. The summed E-state index contributed by atoms with van der Waals surface area (Å²) < 4.78 is 123. The van der Waals surface area contributed by atoms with Crippen LogP contribution in [0.4, 0.5) is 0 Å². The molecule has 0 aromatic heterocycles. The van der Waals surface area contributed by atoms with Gasteiger partial charge < -0.3 is 18.2 Å². The van der Waals surface area contributed by atoms with Gasteiger partial charge in [-0.15, -0.1) is 0 Å². The minimum absolute atomic E-state index is 0. The van der Waals surface area contributed by atoms with Gasteiger partial charge in [-0.25, -0.2) is 33.7 Å². The Hall–Kier alpha value is -2.56. The normalized spacial score (nSPS) is 11.0. The van der Waals surface area contributed by atoms with Crippen molar-refractivity contribution in [1.29, 1.82) is 0 Å². The van der Waals surface area contributed by atoms with Crippen molar-refractivity contribution in [2.24, 2.45) is 0 Å². The first kappa shape index (κ1) is 38.4. The third-order valence-electron chi connectivity index (χ3n) is 4.13. The van der Waals surface area contributed by atoms with Crippen LogP contribution >= 0.6 is 0 Å². The van der Waals surface area contributed by atoms with Crippen LogP contribution < -0.4 is 0 Å². The van der Waals surface area contributed by atoms with Crippen molar-refractivity contribution in [3.05, 3.63) is 121 Å². The fourth-order valence-electron chi connectivity index (χ4n) is 2.35.